The van der Waals surface area contributed by atoms with Crippen molar-refractivity contribution in [2.24, 2.45) is 11.7 Å². The molecule has 2 atom stereocenters. The van der Waals surface area contributed by atoms with Crippen molar-refractivity contribution in [2.75, 3.05) is 34.3 Å². The fourth-order valence-corrected chi connectivity index (χ4v) is 2.04. The number of aldehydes is 1. The zero-order chi connectivity index (χ0) is 18.8. The molecule has 0 heterocycles. The highest BCUT2D eigenvalue weighted by Crippen LogP contribution is 2.07. The molecule has 0 saturated carbocycles. The molecule has 4 N–H and O–H groups in total. The van der Waals surface area contributed by atoms with Crippen molar-refractivity contribution >= 4 is 18.1 Å². The Labute approximate surface area is 144 Å². The highest BCUT2D eigenvalue weighted by molar-refractivity contribution is 5.90. The number of amides is 2. The Morgan fingerprint density at radius 1 is 1.21 bits per heavy atom. The second kappa shape index (κ2) is 11.1. The molecule has 0 bridgehead atoms. The Bertz CT molecular complexity index is 413. The van der Waals surface area contributed by atoms with E-state index in [2.05, 4.69) is 10.6 Å². The van der Waals surface area contributed by atoms with Crippen LogP contribution in [0.5, 0.6) is 0 Å². The Balaban J connectivity index is 4.61. The Morgan fingerprint density at radius 2 is 1.83 bits per heavy atom. The molecular weight excluding hydrogens is 312 g/mol. The monoisotopic (exact) mass is 345 g/mol. The van der Waals surface area contributed by atoms with E-state index in [0.29, 0.717) is 17.4 Å². The normalized spacial score (nSPS) is 14.1. The molecule has 0 aromatic heterocycles. The van der Waals surface area contributed by atoms with Gasteiger partial charge in [0.2, 0.25) is 11.8 Å². The predicted octanol–water partition coefficient (Wildman–Crippen LogP) is -0.422. The van der Waals surface area contributed by atoms with Gasteiger partial charge in [-0.1, -0.05) is 13.8 Å². The molecule has 0 aromatic rings. The summed E-state index contributed by atoms with van der Waals surface area (Å²) >= 11 is 0. The minimum atomic E-state index is -0.694. The number of hydroxylamine groups is 3. The highest BCUT2D eigenvalue weighted by Gasteiger charge is 2.25. The Hall–Kier alpha value is -1.51. The summed E-state index contributed by atoms with van der Waals surface area (Å²) in [6.07, 6.45) is 2.66. The third-order valence-corrected chi connectivity index (χ3v) is 3.95. The number of hydrogen-bond acceptors (Lipinski definition) is 5. The van der Waals surface area contributed by atoms with Gasteiger partial charge >= 0.3 is 0 Å². The summed E-state index contributed by atoms with van der Waals surface area (Å²) in [5.74, 6) is -0.750. The zero-order valence-electron chi connectivity index (χ0n) is 15.5. The fourth-order valence-electron chi connectivity index (χ4n) is 2.04. The van der Waals surface area contributed by atoms with E-state index < -0.39 is 12.1 Å². The number of hydrogen-bond donors (Lipinski definition) is 3. The van der Waals surface area contributed by atoms with Gasteiger partial charge in [0.1, 0.15) is 18.9 Å². The van der Waals surface area contributed by atoms with E-state index in [0.717, 1.165) is 19.4 Å². The highest BCUT2D eigenvalue weighted by atomic mass is 16.7. The van der Waals surface area contributed by atoms with Gasteiger partial charge in [-0.25, -0.2) is 4.84 Å². The fraction of sp³-hybridized carbons (Fsp3) is 0.812. The first kappa shape index (κ1) is 22.5. The molecule has 0 spiro atoms. The molecule has 24 heavy (non-hydrogen) atoms. The summed E-state index contributed by atoms with van der Waals surface area (Å²) in [5.41, 5.74) is 5.82. The molecule has 0 aliphatic carbocycles. The van der Waals surface area contributed by atoms with Crippen molar-refractivity contribution in [3.8, 4) is 0 Å². The molecule has 0 fully saturated rings. The number of quaternary nitrogens is 1. The molecule has 140 valence electrons. The van der Waals surface area contributed by atoms with Crippen LogP contribution in [-0.2, 0) is 19.2 Å². The van der Waals surface area contributed by atoms with E-state index in [1.165, 1.54) is 0 Å². The first-order valence-corrected chi connectivity index (χ1v) is 8.30. The average Bonchev–Trinajstić information content (AvgIpc) is 2.54. The lowest BCUT2D eigenvalue weighted by molar-refractivity contribution is -1.07. The first-order chi connectivity index (χ1) is 11.1. The van der Waals surface area contributed by atoms with E-state index in [1.807, 2.05) is 27.9 Å². The summed E-state index contributed by atoms with van der Waals surface area (Å²) in [7, 11) is 5.53. The molecule has 8 heteroatoms. The Kier molecular flexibility index (Phi) is 10.4. The largest absolute Gasteiger partial charge is 0.348 e. The lowest BCUT2D eigenvalue weighted by Gasteiger charge is -2.25. The average molecular weight is 345 g/mol. The molecule has 8 nitrogen and oxygen atoms in total. The number of nitrogens with zero attached hydrogens (tertiary/aromatic N) is 1. The second-order valence-electron chi connectivity index (χ2n) is 6.72. The van der Waals surface area contributed by atoms with E-state index in [1.54, 1.807) is 7.11 Å². The van der Waals surface area contributed by atoms with Crippen LogP contribution in [0.25, 0.3) is 0 Å². The maximum Gasteiger partial charge on any atom is 0.242 e. The number of rotatable bonds is 12. The van der Waals surface area contributed by atoms with E-state index in [4.69, 9.17) is 10.6 Å². The second-order valence-corrected chi connectivity index (χ2v) is 6.72. The lowest BCUT2D eigenvalue weighted by atomic mass is 10.0. The SMILES string of the molecule is CO[N+](C)(C)CCCC[C@H](NC(=O)C(N)C(C)C)C(=O)NCC=O. The van der Waals surface area contributed by atoms with Crippen molar-refractivity contribution in [1.29, 1.82) is 0 Å². The third-order valence-electron chi connectivity index (χ3n) is 3.95. The topological polar surface area (TPSA) is 111 Å². The van der Waals surface area contributed by atoms with Gasteiger partial charge in [0.15, 0.2) is 0 Å². The number of nitrogens with two attached hydrogens (primary N) is 1. The van der Waals surface area contributed by atoms with Crippen LogP contribution in [0.4, 0.5) is 0 Å². The maximum atomic E-state index is 12.1. The van der Waals surface area contributed by atoms with Crippen molar-refractivity contribution in [1.82, 2.24) is 10.6 Å². The Morgan fingerprint density at radius 3 is 2.33 bits per heavy atom. The van der Waals surface area contributed by atoms with Gasteiger partial charge < -0.3 is 21.2 Å². The minimum absolute atomic E-state index is 0.0245. The van der Waals surface area contributed by atoms with Crippen LogP contribution in [0.3, 0.4) is 0 Å². The van der Waals surface area contributed by atoms with Gasteiger partial charge in [0, 0.05) is 0 Å². The molecule has 1 unspecified atom stereocenters. The molecule has 0 aliphatic heterocycles. The minimum Gasteiger partial charge on any atom is -0.348 e. The zero-order valence-corrected chi connectivity index (χ0v) is 15.5. The van der Waals surface area contributed by atoms with E-state index in [9.17, 15) is 14.4 Å². The van der Waals surface area contributed by atoms with Crippen LogP contribution >= 0.6 is 0 Å². The number of nitrogens with one attached hydrogen (secondary N) is 2. The number of carbonyl (C=O) groups excluding carboxylic acids is 3. The first-order valence-electron chi connectivity index (χ1n) is 8.30. The molecule has 0 radical (unpaired) electrons. The van der Waals surface area contributed by atoms with Crippen LogP contribution in [0.1, 0.15) is 33.1 Å². The summed E-state index contributed by atoms with van der Waals surface area (Å²) < 4.78 is 0.423. The smallest absolute Gasteiger partial charge is 0.242 e. The molecule has 0 rings (SSSR count). The number of unbranched alkanes of at least 4 members (excludes halogenated alkanes) is 1. The molecule has 0 aliphatic rings. The van der Waals surface area contributed by atoms with Gasteiger partial charge in [-0.15, -0.1) is 0 Å². The van der Waals surface area contributed by atoms with Crippen LogP contribution in [0.2, 0.25) is 0 Å². The lowest BCUT2D eigenvalue weighted by Crippen LogP contribution is -2.53. The molecule has 2 amide bonds. The van der Waals surface area contributed by atoms with Crippen molar-refractivity contribution in [2.45, 2.75) is 45.2 Å². The summed E-state index contributed by atoms with van der Waals surface area (Å²) in [5, 5.41) is 5.17. The summed E-state index contributed by atoms with van der Waals surface area (Å²) in [6.45, 7) is 4.40. The number of carbonyl (C=O) groups is 3. The quantitative estimate of drug-likeness (QED) is 0.192. The van der Waals surface area contributed by atoms with Crippen LogP contribution in [-0.4, -0.2) is 69.1 Å². The maximum absolute atomic E-state index is 12.1. The van der Waals surface area contributed by atoms with Gasteiger partial charge in [-0.3, -0.25) is 9.59 Å². The van der Waals surface area contributed by atoms with Crippen LogP contribution < -0.4 is 16.4 Å². The molecule has 0 saturated heterocycles. The standard InChI is InChI=1S/C16H32N4O4/c1-12(2)14(17)16(23)19-13(15(22)18-9-11-21)8-6-7-10-20(3,4)24-5/h11-14H,6-10,17H2,1-5H3,(H-,18,19,22,23)/p+1/t13-,14?/m0/s1. The third kappa shape index (κ3) is 8.95. The van der Waals surface area contributed by atoms with Gasteiger partial charge in [0.05, 0.1) is 33.8 Å². The summed E-state index contributed by atoms with van der Waals surface area (Å²) in [6, 6.07) is -1.36. The van der Waals surface area contributed by atoms with Crippen molar-refractivity contribution < 1.29 is 23.9 Å². The van der Waals surface area contributed by atoms with Gasteiger partial charge in [0.25, 0.3) is 0 Å². The van der Waals surface area contributed by atoms with Crippen molar-refractivity contribution in [3.05, 3.63) is 0 Å². The van der Waals surface area contributed by atoms with Gasteiger partial charge in [-0.05, 0) is 25.2 Å². The summed E-state index contributed by atoms with van der Waals surface area (Å²) in [4.78, 5) is 39.9. The predicted molar refractivity (Wildman–Crippen MR) is 91.7 cm³/mol. The van der Waals surface area contributed by atoms with E-state index >= 15 is 0 Å². The van der Waals surface area contributed by atoms with Crippen LogP contribution in [0.15, 0.2) is 0 Å². The van der Waals surface area contributed by atoms with Gasteiger partial charge in [-0.2, -0.15) is 4.65 Å². The van der Waals surface area contributed by atoms with Crippen molar-refractivity contribution in [3.63, 3.8) is 0 Å². The molecule has 0 aromatic carbocycles. The molecular formula is C16H33N4O4+. The van der Waals surface area contributed by atoms with E-state index in [-0.39, 0.29) is 24.3 Å². The van der Waals surface area contributed by atoms with Crippen LogP contribution in [0, 0.1) is 5.92 Å².